The highest BCUT2D eigenvalue weighted by atomic mass is 14.7. The first-order valence-corrected chi connectivity index (χ1v) is 11.3. The Kier molecular flexibility index (Phi) is 7.83. The van der Waals surface area contributed by atoms with Crippen LogP contribution < -0.4 is 11.5 Å². The van der Waals surface area contributed by atoms with Gasteiger partial charge in [-0.05, 0) is 79.4 Å². The lowest BCUT2D eigenvalue weighted by Crippen LogP contribution is -2.48. The van der Waals surface area contributed by atoms with Crippen LogP contribution in [-0.4, -0.2) is 12.1 Å². The van der Waals surface area contributed by atoms with E-state index in [1.54, 1.807) is 0 Å². The van der Waals surface area contributed by atoms with Gasteiger partial charge in [0.1, 0.15) is 0 Å². The summed E-state index contributed by atoms with van der Waals surface area (Å²) in [5.74, 6) is 6.12. The quantitative estimate of drug-likeness (QED) is 0.669. The van der Waals surface area contributed by atoms with Crippen molar-refractivity contribution < 1.29 is 0 Å². The van der Waals surface area contributed by atoms with Crippen LogP contribution in [0.2, 0.25) is 0 Å². The van der Waals surface area contributed by atoms with Crippen molar-refractivity contribution in [3.05, 3.63) is 0 Å². The van der Waals surface area contributed by atoms with E-state index >= 15 is 0 Å². The summed E-state index contributed by atoms with van der Waals surface area (Å²) in [4.78, 5) is 0. The lowest BCUT2D eigenvalue weighted by atomic mass is 9.61. The fourth-order valence-electron chi connectivity index (χ4n) is 6.32. The van der Waals surface area contributed by atoms with Gasteiger partial charge in [0.15, 0.2) is 0 Å². The highest BCUT2D eigenvalue weighted by molar-refractivity contribution is 4.94. The van der Waals surface area contributed by atoms with Crippen molar-refractivity contribution in [1.29, 1.82) is 0 Å². The molecular formula is C23H46N2. The molecule has 0 amide bonds. The van der Waals surface area contributed by atoms with Crippen molar-refractivity contribution in [3.63, 3.8) is 0 Å². The molecule has 4 N–H and O–H groups in total. The van der Waals surface area contributed by atoms with Crippen molar-refractivity contribution in [1.82, 2.24) is 0 Å². The third-order valence-corrected chi connectivity index (χ3v) is 7.99. The molecule has 0 heterocycles. The fourth-order valence-corrected chi connectivity index (χ4v) is 6.32. The maximum atomic E-state index is 6.71. The largest absolute Gasteiger partial charge is 0.327 e. The highest BCUT2D eigenvalue weighted by Crippen LogP contribution is 2.45. The van der Waals surface area contributed by atoms with Gasteiger partial charge in [-0.15, -0.1) is 0 Å². The lowest BCUT2D eigenvalue weighted by molar-refractivity contribution is 0.0661. The molecule has 2 rings (SSSR count). The Morgan fingerprint density at radius 2 is 1.08 bits per heavy atom. The Labute approximate surface area is 157 Å². The van der Waals surface area contributed by atoms with Crippen molar-refractivity contribution in [2.24, 2.45) is 58.8 Å². The predicted molar refractivity (Wildman–Crippen MR) is 110 cm³/mol. The summed E-state index contributed by atoms with van der Waals surface area (Å²) >= 11 is 0. The predicted octanol–water partition coefficient (Wildman–Crippen LogP) is 5.45. The molecule has 2 heteroatoms. The molecular weight excluding hydrogens is 304 g/mol. The van der Waals surface area contributed by atoms with Crippen molar-refractivity contribution >= 4 is 0 Å². The molecule has 0 radical (unpaired) electrons. The van der Waals surface area contributed by atoms with Crippen LogP contribution >= 0.6 is 0 Å². The highest BCUT2D eigenvalue weighted by Gasteiger charge is 2.40. The van der Waals surface area contributed by atoms with Crippen LogP contribution in [0.1, 0.15) is 86.5 Å². The van der Waals surface area contributed by atoms with Gasteiger partial charge in [-0.25, -0.2) is 0 Å². The molecule has 0 bridgehead atoms. The zero-order chi connectivity index (χ0) is 18.7. The van der Waals surface area contributed by atoms with Crippen LogP contribution in [0.15, 0.2) is 0 Å². The van der Waals surface area contributed by atoms with E-state index < -0.39 is 0 Å². The fraction of sp³-hybridized carbons (Fsp3) is 1.00. The second kappa shape index (κ2) is 9.22. The summed E-state index contributed by atoms with van der Waals surface area (Å²) in [6, 6.07) is 0.848. The van der Waals surface area contributed by atoms with Gasteiger partial charge in [-0.2, -0.15) is 0 Å². The van der Waals surface area contributed by atoms with Gasteiger partial charge in [0.05, 0.1) is 0 Å². The summed E-state index contributed by atoms with van der Waals surface area (Å²) in [5.41, 5.74) is 13.3. The molecule has 0 saturated heterocycles. The van der Waals surface area contributed by atoms with E-state index in [-0.39, 0.29) is 0 Å². The summed E-state index contributed by atoms with van der Waals surface area (Å²) in [5, 5.41) is 0. The number of hydrogen-bond donors (Lipinski definition) is 2. The zero-order valence-electron chi connectivity index (χ0n) is 17.9. The molecule has 0 spiro atoms. The Balaban J connectivity index is 2.05. The monoisotopic (exact) mass is 350 g/mol. The average Bonchev–Trinajstić information content (AvgIpc) is 2.56. The minimum Gasteiger partial charge on any atom is -0.327 e. The van der Waals surface area contributed by atoms with Crippen LogP contribution in [0, 0.1) is 47.3 Å². The molecule has 148 valence electrons. The summed E-state index contributed by atoms with van der Waals surface area (Å²) in [6.07, 6.45) is 9.40. The Bertz CT molecular complexity index is 360. The summed E-state index contributed by atoms with van der Waals surface area (Å²) in [6.45, 7) is 14.2. The van der Waals surface area contributed by atoms with Crippen LogP contribution in [0.4, 0.5) is 0 Å². The Morgan fingerprint density at radius 1 is 0.680 bits per heavy atom. The molecule has 0 aromatic heterocycles. The molecule has 25 heavy (non-hydrogen) atoms. The molecule has 2 nitrogen and oxygen atoms in total. The normalized spacial score (nSPS) is 43.0. The minimum absolute atomic E-state index is 0.405. The molecule has 4 atom stereocenters. The molecule has 2 aliphatic rings. The number of nitrogens with two attached hydrogens (primary N) is 2. The molecule has 0 aromatic carbocycles. The third kappa shape index (κ3) is 5.01. The van der Waals surface area contributed by atoms with Crippen LogP contribution in [0.3, 0.4) is 0 Å². The maximum Gasteiger partial charge on any atom is 0.0101 e. The number of rotatable bonds is 6. The van der Waals surface area contributed by atoms with E-state index in [1.165, 1.54) is 44.9 Å². The Morgan fingerprint density at radius 3 is 1.44 bits per heavy atom. The van der Waals surface area contributed by atoms with E-state index in [4.69, 9.17) is 11.5 Å². The van der Waals surface area contributed by atoms with E-state index in [1.807, 2.05) is 0 Å². The summed E-state index contributed by atoms with van der Waals surface area (Å²) < 4.78 is 0. The van der Waals surface area contributed by atoms with E-state index in [0.29, 0.717) is 35.8 Å². The van der Waals surface area contributed by atoms with Gasteiger partial charge in [-0.3, -0.25) is 0 Å². The minimum atomic E-state index is 0.405. The van der Waals surface area contributed by atoms with Gasteiger partial charge in [0, 0.05) is 12.1 Å². The standard InChI is InChI=1S/C23H46N2/c1-7-18-10-16(11-19(8-2)22(18)24)9-17-12-20(14(3)4)23(25)21(13-17)15(5)6/h14-23H,7-13,24-25H2,1-6H3. The van der Waals surface area contributed by atoms with E-state index in [2.05, 4.69) is 41.5 Å². The first-order chi connectivity index (χ1) is 11.8. The first kappa shape index (κ1) is 21.2. The smallest absolute Gasteiger partial charge is 0.0101 e. The molecule has 4 unspecified atom stereocenters. The topological polar surface area (TPSA) is 52.0 Å². The maximum absolute atomic E-state index is 6.71. The molecule has 2 saturated carbocycles. The van der Waals surface area contributed by atoms with Gasteiger partial charge in [-0.1, -0.05) is 54.4 Å². The second-order valence-electron chi connectivity index (χ2n) is 10.2. The molecule has 2 aliphatic carbocycles. The third-order valence-electron chi connectivity index (χ3n) is 7.99. The van der Waals surface area contributed by atoms with Crippen LogP contribution in [0.25, 0.3) is 0 Å². The van der Waals surface area contributed by atoms with E-state index in [9.17, 15) is 0 Å². The molecule has 2 fully saturated rings. The van der Waals surface area contributed by atoms with Crippen LogP contribution in [-0.2, 0) is 0 Å². The SMILES string of the molecule is CCC1CC(CC2CC(C(C)C)C(N)C(C(C)C)C2)CC(CC)C1N. The van der Waals surface area contributed by atoms with Crippen molar-refractivity contribution in [2.75, 3.05) is 0 Å². The van der Waals surface area contributed by atoms with Gasteiger partial charge in [0.25, 0.3) is 0 Å². The van der Waals surface area contributed by atoms with Gasteiger partial charge in [0.2, 0.25) is 0 Å². The second-order valence-corrected chi connectivity index (χ2v) is 10.2. The molecule has 0 aromatic rings. The Hall–Kier alpha value is -0.0800. The van der Waals surface area contributed by atoms with E-state index in [0.717, 1.165) is 23.7 Å². The van der Waals surface area contributed by atoms with Crippen molar-refractivity contribution in [2.45, 2.75) is 98.6 Å². The van der Waals surface area contributed by atoms with Gasteiger partial charge >= 0.3 is 0 Å². The zero-order valence-corrected chi connectivity index (χ0v) is 17.9. The lowest BCUT2D eigenvalue weighted by Gasteiger charge is -2.46. The van der Waals surface area contributed by atoms with Crippen LogP contribution in [0.5, 0.6) is 0 Å². The average molecular weight is 351 g/mol. The number of hydrogen-bond acceptors (Lipinski definition) is 2. The molecule has 0 aliphatic heterocycles. The van der Waals surface area contributed by atoms with Gasteiger partial charge < -0.3 is 11.5 Å². The first-order valence-electron chi connectivity index (χ1n) is 11.3. The van der Waals surface area contributed by atoms with Crippen molar-refractivity contribution in [3.8, 4) is 0 Å². The summed E-state index contributed by atoms with van der Waals surface area (Å²) in [7, 11) is 0.